The number of oxazole rings is 1. The molecule has 0 aliphatic carbocycles. The minimum absolute atomic E-state index is 0.0495. The number of amides is 1. The van der Waals surface area contributed by atoms with Crippen LogP contribution in [0, 0.1) is 11.6 Å². The standard InChI is InChI=1S/C21H12F2N2O3/c22-15-3-1-2-13(6-15)21(27)25-17-8-14(7-16(23)10-17)20(26)12-4-5-18-19(9-12)28-11-24-18/h1-11H,(H,25,27). The first-order valence-electron chi connectivity index (χ1n) is 8.25. The van der Waals surface area contributed by atoms with E-state index in [2.05, 4.69) is 10.3 Å². The van der Waals surface area contributed by atoms with E-state index in [-0.39, 0.29) is 22.4 Å². The third-order valence-corrected chi connectivity index (χ3v) is 4.10. The van der Waals surface area contributed by atoms with Gasteiger partial charge in [0.05, 0.1) is 0 Å². The summed E-state index contributed by atoms with van der Waals surface area (Å²) in [4.78, 5) is 28.9. The van der Waals surface area contributed by atoms with Gasteiger partial charge < -0.3 is 9.73 Å². The van der Waals surface area contributed by atoms with Gasteiger partial charge in [0, 0.05) is 22.4 Å². The molecule has 138 valence electrons. The zero-order valence-corrected chi connectivity index (χ0v) is 14.3. The van der Waals surface area contributed by atoms with E-state index >= 15 is 0 Å². The quantitative estimate of drug-likeness (QED) is 0.527. The third kappa shape index (κ3) is 3.50. The molecule has 4 rings (SSSR count). The van der Waals surface area contributed by atoms with Gasteiger partial charge in [-0.25, -0.2) is 13.8 Å². The molecule has 0 aliphatic heterocycles. The van der Waals surface area contributed by atoms with Gasteiger partial charge in [0.25, 0.3) is 5.91 Å². The Morgan fingerprint density at radius 3 is 2.50 bits per heavy atom. The maximum atomic E-state index is 14.0. The van der Waals surface area contributed by atoms with Gasteiger partial charge in [0.1, 0.15) is 17.2 Å². The predicted molar refractivity (Wildman–Crippen MR) is 98.2 cm³/mol. The molecule has 1 aromatic heterocycles. The van der Waals surface area contributed by atoms with E-state index in [4.69, 9.17) is 4.42 Å². The zero-order valence-electron chi connectivity index (χ0n) is 14.3. The molecule has 3 aromatic carbocycles. The normalized spacial score (nSPS) is 10.8. The highest BCUT2D eigenvalue weighted by atomic mass is 19.1. The lowest BCUT2D eigenvalue weighted by molar-refractivity contribution is 0.102. The molecule has 5 nitrogen and oxygen atoms in total. The SMILES string of the molecule is O=C(Nc1cc(F)cc(C(=O)c2ccc3ncoc3c2)c1)c1cccc(F)c1. The van der Waals surface area contributed by atoms with Crippen molar-refractivity contribution < 1.29 is 22.8 Å². The molecular weight excluding hydrogens is 366 g/mol. The Labute approximate surface area is 157 Å². The lowest BCUT2D eigenvalue weighted by atomic mass is 10.0. The van der Waals surface area contributed by atoms with Crippen molar-refractivity contribution in [1.82, 2.24) is 4.98 Å². The van der Waals surface area contributed by atoms with E-state index in [1.807, 2.05) is 0 Å². The van der Waals surface area contributed by atoms with Gasteiger partial charge in [-0.05, 0) is 54.6 Å². The molecule has 4 aromatic rings. The van der Waals surface area contributed by atoms with Crippen molar-refractivity contribution in [2.24, 2.45) is 0 Å². The summed E-state index contributed by atoms with van der Waals surface area (Å²) in [6, 6.07) is 13.3. The van der Waals surface area contributed by atoms with Crippen molar-refractivity contribution in [3.05, 3.63) is 95.4 Å². The molecule has 28 heavy (non-hydrogen) atoms. The number of anilines is 1. The van der Waals surface area contributed by atoms with Gasteiger partial charge in [-0.1, -0.05) is 6.07 Å². The second kappa shape index (κ2) is 7.03. The highest BCUT2D eigenvalue weighted by molar-refractivity contribution is 6.11. The van der Waals surface area contributed by atoms with Crippen LogP contribution in [-0.4, -0.2) is 16.7 Å². The molecule has 0 saturated carbocycles. The molecule has 0 bridgehead atoms. The van der Waals surface area contributed by atoms with Gasteiger partial charge in [0.2, 0.25) is 0 Å². The second-order valence-electron chi connectivity index (χ2n) is 6.06. The number of aromatic nitrogens is 1. The van der Waals surface area contributed by atoms with Crippen molar-refractivity contribution in [3.8, 4) is 0 Å². The fourth-order valence-electron chi connectivity index (χ4n) is 2.79. The minimum atomic E-state index is -0.693. The fraction of sp³-hybridized carbons (Fsp3) is 0. The van der Waals surface area contributed by atoms with E-state index in [0.717, 1.165) is 18.2 Å². The molecule has 7 heteroatoms. The highest BCUT2D eigenvalue weighted by Gasteiger charge is 2.15. The van der Waals surface area contributed by atoms with Gasteiger partial charge in [0.15, 0.2) is 17.8 Å². The molecule has 1 heterocycles. The second-order valence-corrected chi connectivity index (χ2v) is 6.06. The summed E-state index contributed by atoms with van der Waals surface area (Å²) >= 11 is 0. The molecule has 0 saturated heterocycles. The number of carbonyl (C=O) groups excluding carboxylic acids is 2. The molecule has 0 radical (unpaired) electrons. The van der Waals surface area contributed by atoms with Crippen LogP contribution >= 0.6 is 0 Å². The summed E-state index contributed by atoms with van der Waals surface area (Å²) in [5, 5.41) is 2.47. The number of ketones is 1. The van der Waals surface area contributed by atoms with Crippen LogP contribution in [0.2, 0.25) is 0 Å². The Hall–Kier alpha value is -3.87. The van der Waals surface area contributed by atoms with Crippen LogP contribution in [-0.2, 0) is 0 Å². The first kappa shape index (κ1) is 17.5. The molecule has 0 unspecified atom stereocenters. The summed E-state index contributed by atoms with van der Waals surface area (Å²) < 4.78 is 32.5. The molecule has 0 aliphatic rings. The Bertz CT molecular complexity index is 1220. The van der Waals surface area contributed by atoms with Crippen LogP contribution in [0.3, 0.4) is 0 Å². The fourth-order valence-corrected chi connectivity index (χ4v) is 2.79. The van der Waals surface area contributed by atoms with Crippen molar-refractivity contribution in [1.29, 1.82) is 0 Å². The predicted octanol–water partition coefficient (Wildman–Crippen LogP) is 4.59. The monoisotopic (exact) mass is 378 g/mol. The summed E-state index contributed by atoms with van der Waals surface area (Å²) in [7, 11) is 0. The first-order chi connectivity index (χ1) is 13.5. The maximum absolute atomic E-state index is 14.0. The van der Waals surface area contributed by atoms with E-state index in [0.29, 0.717) is 11.1 Å². The third-order valence-electron chi connectivity index (χ3n) is 4.10. The summed E-state index contributed by atoms with van der Waals surface area (Å²) in [6.07, 6.45) is 1.27. The largest absolute Gasteiger partial charge is 0.443 e. The summed E-state index contributed by atoms with van der Waals surface area (Å²) in [5.41, 5.74) is 1.53. The highest BCUT2D eigenvalue weighted by Crippen LogP contribution is 2.21. The van der Waals surface area contributed by atoms with Crippen LogP contribution in [0.5, 0.6) is 0 Å². The van der Waals surface area contributed by atoms with Crippen LogP contribution in [0.15, 0.2) is 71.5 Å². The maximum Gasteiger partial charge on any atom is 0.255 e. The Morgan fingerprint density at radius 2 is 1.68 bits per heavy atom. The van der Waals surface area contributed by atoms with E-state index in [9.17, 15) is 18.4 Å². The average molecular weight is 378 g/mol. The molecular formula is C21H12F2N2O3. The molecule has 0 fully saturated rings. The number of benzene rings is 3. The lowest BCUT2D eigenvalue weighted by Crippen LogP contribution is -2.13. The van der Waals surface area contributed by atoms with Crippen molar-refractivity contribution in [3.63, 3.8) is 0 Å². The lowest BCUT2D eigenvalue weighted by Gasteiger charge is -2.08. The van der Waals surface area contributed by atoms with E-state index in [1.54, 1.807) is 12.1 Å². The van der Waals surface area contributed by atoms with Gasteiger partial charge >= 0.3 is 0 Å². The summed E-state index contributed by atoms with van der Waals surface area (Å²) in [6.45, 7) is 0. The average Bonchev–Trinajstić information content (AvgIpc) is 3.14. The smallest absolute Gasteiger partial charge is 0.255 e. The molecule has 0 spiro atoms. The molecule has 1 amide bonds. The molecule has 1 N–H and O–H groups in total. The zero-order chi connectivity index (χ0) is 19.7. The number of hydrogen-bond acceptors (Lipinski definition) is 4. The van der Waals surface area contributed by atoms with E-state index < -0.39 is 23.3 Å². The number of carbonyl (C=O) groups is 2. The van der Waals surface area contributed by atoms with Crippen LogP contribution in [0.4, 0.5) is 14.5 Å². The minimum Gasteiger partial charge on any atom is -0.443 e. The van der Waals surface area contributed by atoms with Gasteiger partial charge in [-0.3, -0.25) is 9.59 Å². The van der Waals surface area contributed by atoms with Gasteiger partial charge in [-0.15, -0.1) is 0 Å². The van der Waals surface area contributed by atoms with Crippen molar-refractivity contribution >= 4 is 28.5 Å². The Morgan fingerprint density at radius 1 is 0.857 bits per heavy atom. The number of hydrogen-bond donors (Lipinski definition) is 1. The number of fused-ring (bicyclic) bond motifs is 1. The first-order valence-corrected chi connectivity index (χ1v) is 8.25. The van der Waals surface area contributed by atoms with Crippen molar-refractivity contribution in [2.45, 2.75) is 0 Å². The number of rotatable bonds is 4. The topological polar surface area (TPSA) is 72.2 Å². The Balaban J connectivity index is 1.62. The molecule has 0 atom stereocenters. The number of nitrogens with zero attached hydrogens (tertiary/aromatic N) is 1. The van der Waals surface area contributed by atoms with Crippen LogP contribution in [0.25, 0.3) is 11.1 Å². The van der Waals surface area contributed by atoms with Crippen LogP contribution in [0.1, 0.15) is 26.3 Å². The Kier molecular flexibility index (Phi) is 4.41. The van der Waals surface area contributed by atoms with Gasteiger partial charge in [-0.2, -0.15) is 0 Å². The van der Waals surface area contributed by atoms with Crippen LogP contribution < -0.4 is 5.32 Å². The van der Waals surface area contributed by atoms with E-state index in [1.165, 1.54) is 36.7 Å². The van der Waals surface area contributed by atoms with Crippen molar-refractivity contribution in [2.75, 3.05) is 5.32 Å². The number of nitrogens with one attached hydrogen (secondary N) is 1. The number of halogens is 2. The summed E-state index contributed by atoms with van der Waals surface area (Å²) in [5.74, 6) is -2.32.